The molecule has 2 aliphatic heterocycles. The Hall–Kier alpha value is -3.40. The second kappa shape index (κ2) is 6.48. The quantitative estimate of drug-likeness (QED) is 0.649. The molecular formula is C19H19N7. The summed E-state index contributed by atoms with van der Waals surface area (Å²) in [6.07, 6.45) is 5.66. The minimum absolute atomic E-state index is 0.440. The Labute approximate surface area is 151 Å². The molecule has 7 nitrogen and oxygen atoms in total. The maximum Gasteiger partial charge on any atom is 0.180 e. The van der Waals surface area contributed by atoms with Gasteiger partial charge in [-0.2, -0.15) is 5.26 Å². The highest BCUT2D eigenvalue weighted by molar-refractivity contribution is 6.06. The van der Waals surface area contributed by atoms with Crippen molar-refractivity contribution in [2.75, 3.05) is 11.4 Å². The molecule has 0 saturated heterocycles. The molecule has 130 valence electrons. The fraction of sp³-hybridized carbons (Fsp3) is 0.263. The highest BCUT2D eigenvalue weighted by Crippen LogP contribution is 2.32. The van der Waals surface area contributed by atoms with Crippen LogP contribution in [-0.2, 0) is 26.1 Å². The number of benzene rings is 1. The molecule has 26 heavy (non-hydrogen) atoms. The molecular weight excluding hydrogens is 326 g/mol. The Balaban J connectivity index is 1.78. The summed E-state index contributed by atoms with van der Waals surface area (Å²) in [5, 5.41) is 16.8. The third-order valence-electron chi connectivity index (χ3n) is 4.93. The topological polar surface area (TPSA) is 106 Å². The van der Waals surface area contributed by atoms with Gasteiger partial charge in [-0.3, -0.25) is 0 Å². The molecule has 7 heteroatoms. The molecule has 0 amide bonds. The number of nitrogens with two attached hydrogens (primary N) is 1. The molecule has 0 unspecified atom stereocenters. The lowest BCUT2D eigenvalue weighted by Crippen LogP contribution is -2.32. The average Bonchev–Trinajstić information content (AvgIpc) is 3.11. The number of nitrogens with zero attached hydrogens (tertiary/aromatic N) is 5. The molecule has 2 aliphatic rings. The van der Waals surface area contributed by atoms with Crippen LogP contribution in [0.3, 0.4) is 0 Å². The number of anilines is 1. The van der Waals surface area contributed by atoms with Crippen molar-refractivity contribution < 1.29 is 0 Å². The molecule has 4 rings (SSSR count). The Kier molecular flexibility index (Phi) is 4.01. The maximum atomic E-state index is 9.29. The third-order valence-corrected chi connectivity index (χ3v) is 4.93. The Morgan fingerprint density at radius 1 is 1.19 bits per heavy atom. The van der Waals surface area contributed by atoms with Crippen molar-refractivity contribution in [3.63, 3.8) is 0 Å². The van der Waals surface area contributed by atoms with Crippen molar-refractivity contribution in [3.8, 4) is 6.19 Å². The molecule has 0 spiro atoms. The second-order valence-electron chi connectivity index (χ2n) is 6.46. The first kappa shape index (κ1) is 16.1. The molecule has 0 fully saturated rings. The van der Waals surface area contributed by atoms with Crippen LogP contribution < -0.4 is 10.6 Å². The lowest BCUT2D eigenvalue weighted by atomic mass is 9.99. The number of nitrogens with one attached hydrogen (secondary N) is 1. The summed E-state index contributed by atoms with van der Waals surface area (Å²) in [7, 11) is 0. The number of hydrogen-bond acceptors (Lipinski definition) is 7. The van der Waals surface area contributed by atoms with Crippen molar-refractivity contribution in [3.05, 3.63) is 58.7 Å². The van der Waals surface area contributed by atoms with Gasteiger partial charge < -0.3 is 20.9 Å². The van der Waals surface area contributed by atoms with Gasteiger partial charge in [-0.05, 0) is 17.5 Å². The van der Waals surface area contributed by atoms with E-state index in [-0.39, 0.29) is 0 Å². The van der Waals surface area contributed by atoms with Crippen LogP contribution >= 0.6 is 0 Å². The summed E-state index contributed by atoms with van der Waals surface area (Å²) < 4.78 is 0. The lowest BCUT2D eigenvalue weighted by molar-refractivity contribution is 0.415. The fourth-order valence-electron chi connectivity index (χ4n) is 3.56. The highest BCUT2D eigenvalue weighted by atomic mass is 15.2. The van der Waals surface area contributed by atoms with Crippen LogP contribution in [0.4, 0.5) is 5.82 Å². The van der Waals surface area contributed by atoms with Gasteiger partial charge in [0.05, 0.1) is 24.4 Å². The van der Waals surface area contributed by atoms with E-state index in [0.717, 1.165) is 42.8 Å². The average molecular weight is 345 g/mol. The van der Waals surface area contributed by atoms with Crippen molar-refractivity contribution in [1.82, 2.24) is 14.9 Å². The van der Waals surface area contributed by atoms with Gasteiger partial charge in [0.15, 0.2) is 12.0 Å². The summed E-state index contributed by atoms with van der Waals surface area (Å²) in [5.74, 6) is 1.29. The molecule has 0 atom stereocenters. The molecule has 3 N–H and O–H groups in total. The summed E-state index contributed by atoms with van der Waals surface area (Å²) >= 11 is 0. The van der Waals surface area contributed by atoms with E-state index in [1.165, 1.54) is 17.3 Å². The van der Waals surface area contributed by atoms with E-state index in [4.69, 9.17) is 16.1 Å². The molecule has 3 heterocycles. The van der Waals surface area contributed by atoms with Gasteiger partial charge in [0.1, 0.15) is 5.82 Å². The standard InChI is InChI=1S/C19H19N7/c20-7-15(8-21)18-23-17-11-25(12-22)10-16(17)19(24-18)26-6-5-13-3-1-2-4-14(13)9-26/h1-4,7-8,20H,5-6,9-11,21H2/b15-8+,20-7?. The zero-order valence-electron chi connectivity index (χ0n) is 14.3. The van der Waals surface area contributed by atoms with Crippen LogP contribution in [0.2, 0.25) is 0 Å². The van der Waals surface area contributed by atoms with Crippen LogP contribution in [0, 0.1) is 16.9 Å². The van der Waals surface area contributed by atoms with Crippen LogP contribution in [0.25, 0.3) is 5.57 Å². The van der Waals surface area contributed by atoms with Gasteiger partial charge in [0.25, 0.3) is 0 Å². The van der Waals surface area contributed by atoms with Crippen LogP contribution in [0.15, 0.2) is 30.5 Å². The predicted octanol–water partition coefficient (Wildman–Crippen LogP) is 1.79. The van der Waals surface area contributed by atoms with Crippen molar-refractivity contribution >= 4 is 17.6 Å². The Morgan fingerprint density at radius 3 is 2.73 bits per heavy atom. The summed E-state index contributed by atoms with van der Waals surface area (Å²) in [6, 6.07) is 8.44. The number of hydrogen-bond donors (Lipinski definition) is 2. The SMILES string of the molecule is N#CN1Cc2nc(/C(C=N)=C/N)nc(N3CCc4ccccc4C3)c2C1. The van der Waals surface area contributed by atoms with Crippen LogP contribution in [0.5, 0.6) is 0 Å². The third kappa shape index (κ3) is 2.65. The smallest absolute Gasteiger partial charge is 0.180 e. The van der Waals surface area contributed by atoms with E-state index < -0.39 is 0 Å². The first-order valence-electron chi connectivity index (χ1n) is 8.52. The second-order valence-corrected chi connectivity index (χ2v) is 6.46. The Morgan fingerprint density at radius 2 is 2.00 bits per heavy atom. The summed E-state index contributed by atoms with van der Waals surface area (Å²) in [5.41, 5.74) is 10.6. The van der Waals surface area contributed by atoms with Gasteiger partial charge in [-0.25, -0.2) is 9.97 Å². The molecule has 0 radical (unpaired) electrons. The first-order chi connectivity index (χ1) is 12.7. The van der Waals surface area contributed by atoms with E-state index in [1.54, 1.807) is 4.90 Å². The number of allylic oxidation sites excluding steroid dienone is 1. The van der Waals surface area contributed by atoms with E-state index in [1.807, 2.05) is 0 Å². The molecule has 0 saturated carbocycles. The van der Waals surface area contributed by atoms with E-state index in [2.05, 4.69) is 40.3 Å². The minimum Gasteiger partial charge on any atom is -0.404 e. The van der Waals surface area contributed by atoms with Crippen LogP contribution in [0.1, 0.15) is 28.2 Å². The van der Waals surface area contributed by atoms with Crippen LogP contribution in [-0.4, -0.2) is 27.6 Å². The highest BCUT2D eigenvalue weighted by Gasteiger charge is 2.29. The molecule has 2 aromatic rings. The normalized spacial score (nSPS) is 16.0. The number of fused-ring (bicyclic) bond motifs is 2. The largest absolute Gasteiger partial charge is 0.404 e. The lowest BCUT2D eigenvalue weighted by Gasteiger charge is -2.31. The summed E-state index contributed by atoms with van der Waals surface area (Å²) in [4.78, 5) is 13.2. The zero-order valence-corrected chi connectivity index (χ0v) is 14.3. The van der Waals surface area contributed by atoms with Crippen molar-refractivity contribution in [2.24, 2.45) is 5.73 Å². The van der Waals surface area contributed by atoms with Gasteiger partial charge in [-0.15, -0.1) is 0 Å². The van der Waals surface area contributed by atoms with Crippen molar-refractivity contribution in [2.45, 2.75) is 26.1 Å². The molecule has 1 aromatic heterocycles. The van der Waals surface area contributed by atoms with Gasteiger partial charge in [0.2, 0.25) is 0 Å². The maximum absolute atomic E-state index is 9.29. The molecule has 0 bridgehead atoms. The van der Waals surface area contributed by atoms with Crippen molar-refractivity contribution in [1.29, 1.82) is 10.7 Å². The number of rotatable bonds is 3. The van der Waals surface area contributed by atoms with Gasteiger partial charge >= 0.3 is 0 Å². The predicted molar refractivity (Wildman–Crippen MR) is 99.0 cm³/mol. The Bertz CT molecular complexity index is 941. The van der Waals surface area contributed by atoms with E-state index in [0.29, 0.717) is 24.5 Å². The fourth-order valence-corrected chi connectivity index (χ4v) is 3.56. The number of aromatic nitrogens is 2. The minimum atomic E-state index is 0.440. The first-order valence-corrected chi connectivity index (χ1v) is 8.52. The molecule has 1 aromatic carbocycles. The van der Waals surface area contributed by atoms with E-state index >= 15 is 0 Å². The van der Waals surface area contributed by atoms with Gasteiger partial charge in [0, 0.05) is 31.1 Å². The number of nitriles is 1. The summed E-state index contributed by atoms with van der Waals surface area (Å²) in [6.45, 7) is 2.62. The van der Waals surface area contributed by atoms with E-state index in [9.17, 15) is 5.26 Å². The zero-order chi connectivity index (χ0) is 18.1. The monoisotopic (exact) mass is 345 g/mol. The van der Waals surface area contributed by atoms with Gasteiger partial charge in [-0.1, -0.05) is 24.3 Å². The molecule has 0 aliphatic carbocycles.